The molecule has 1 heterocycles. The summed E-state index contributed by atoms with van der Waals surface area (Å²) >= 11 is 1.36. The molecule has 0 aliphatic heterocycles. The van der Waals surface area contributed by atoms with Crippen molar-refractivity contribution in [2.45, 2.75) is 33.1 Å². The van der Waals surface area contributed by atoms with Crippen molar-refractivity contribution >= 4 is 23.5 Å². The van der Waals surface area contributed by atoms with Crippen LogP contribution in [0.15, 0.2) is 59.7 Å². The molecule has 5 nitrogen and oxygen atoms in total. The van der Waals surface area contributed by atoms with Crippen LogP contribution in [-0.4, -0.2) is 23.7 Å². The highest BCUT2D eigenvalue weighted by Crippen LogP contribution is 2.27. The Labute approximate surface area is 175 Å². The summed E-state index contributed by atoms with van der Waals surface area (Å²) in [7, 11) is 0. The summed E-state index contributed by atoms with van der Waals surface area (Å²) in [5, 5.41) is 4.94. The number of rotatable bonds is 9. The molecule has 29 heavy (non-hydrogen) atoms. The van der Waals surface area contributed by atoms with E-state index in [0.29, 0.717) is 17.2 Å². The van der Waals surface area contributed by atoms with E-state index in [1.165, 1.54) is 11.3 Å². The number of carbonyl (C=O) groups is 1. The minimum absolute atomic E-state index is 0.264. The standard InChI is InChI=1S/C23H25N3O2S/c1-3-4-10-15-28-20-14-9-8-13-19(20)16-24-26-22(27)21-17(2)25-23(29-21)18-11-6-5-7-12-18/h5-9,11-14,16H,3-4,10,15H2,1-2H3,(H,26,27)/b24-16+. The molecule has 0 fully saturated rings. The van der Waals surface area contributed by atoms with Crippen LogP contribution in [0.4, 0.5) is 0 Å². The van der Waals surface area contributed by atoms with E-state index in [1.807, 2.05) is 61.5 Å². The number of amides is 1. The molecule has 0 unspecified atom stereocenters. The van der Waals surface area contributed by atoms with Crippen LogP contribution < -0.4 is 10.2 Å². The number of ether oxygens (including phenoxy) is 1. The summed E-state index contributed by atoms with van der Waals surface area (Å²) in [5.41, 5.74) is 5.12. The normalized spacial score (nSPS) is 11.0. The van der Waals surface area contributed by atoms with E-state index in [1.54, 1.807) is 6.21 Å². The van der Waals surface area contributed by atoms with Crippen LogP contribution in [0.5, 0.6) is 5.75 Å². The topological polar surface area (TPSA) is 63.6 Å². The molecule has 3 aromatic rings. The van der Waals surface area contributed by atoms with E-state index >= 15 is 0 Å². The van der Waals surface area contributed by atoms with Gasteiger partial charge in [-0.2, -0.15) is 5.10 Å². The van der Waals surface area contributed by atoms with Gasteiger partial charge < -0.3 is 4.74 Å². The molecule has 0 bridgehead atoms. The Morgan fingerprint density at radius 1 is 1.14 bits per heavy atom. The number of hydrazone groups is 1. The third kappa shape index (κ3) is 5.74. The Bertz CT molecular complexity index is 967. The quantitative estimate of drug-likeness (QED) is 0.291. The van der Waals surface area contributed by atoms with Crippen molar-refractivity contribution in [2.24, 2.45) is 5.10 Å². The van der Waals surface area contributed by atoms with Crippen LogP contribution >= 0.6 is 11.3 Å². The zero-order valence-corrected chi connectivity index (χ0v) is 17.5. The highest BCUT2D eigenvalue weighted by molar-refractivity contribution is 7.17. The lowest BCUT2D eigenvalue weighted by atomic mass is 10.2. The van der Waals surface area contributed by atoms with Crippen molar-refractivity contribution in [3.63, 3.8) is 0 Å². The number of aromatic nitrogens is 1. The second-order valence-corrected chi connectivity index (χ2v) is 7.59. The first kappa shape index (κ1) is 20.7. The Hall–Kier alpha value is -2.99. The van der Waals surface area contributed by atoms with Crippen molar-refractivity contribution < 1.29 is 9.53 Å². The fourth-order valence-corrected chi connectivity index (χ4v) is 3.74. The van der Waals surface area contributed by atoms with Crippen molar-refractivity contribution in [3.8, 4) is 16.3 Å². The highest BCUT2D eigenvalue weighted by Gasteiger charge is 2.15. The average Bonchev–Trinajstić information content (AvgIpc) is 3.14. The SMILES string of the molecule is CCCCCOc1ccccc1/C=N/NC(=O)c1sc(-c2ccccc2)nc1C. The molecule has 0 saturated carbocycles. The predicted octanol–water partition coefficient (Wildman–Crippen LogP) is 5.45. The number of thiazole rings is 1. The summed E-state index contributed by atoms with van der Waals surface area (Å²) in [6.07, 6.45) is 4.93. The first-order valence-electron chi connectivity index (χ1n) is 9.77. The summed E-state index contributed by atoms with van der Waals surface area (Å²) in [4.78, 5) is 17.6. The molecule has 0 radical (unpaired) electrons. The van der Waals surface area contributed by atoms with Gasteiger partial charge in [-0.25, -0.2) is 10.4 Å². The van der Waals surface area contributed by atoms with Gasteiger partial charge in [-0.05, 0) is 25.5 Å². The fraction of sp³-hybridized carbons (Fsp3) is 0.261. The number of benzene rings is 2. The zero-order valence-electron chi connectivity index (χ0n) is 16.7. The van der Waals surface area contributed by atoms with Crippen molar-refractivity contribution in [3.05, 3.63) is 70.7 Å². The number of unbranched alkanes of at least 4 members (excludes halogenated alkanes) is 2. The third-order valence-electron chi connectivity index (χ3n) is 4.32. The van der Waals surface area contributed by atoms with Crippen LogP contribution in [0, 0.1) is 6.92 Å². The molecule has 3 rings (SSSR count). The molecule has 2 aromatic carbocycles. The Kier molecular flexibility index (Phi) is 7.53. The summed E-state index contributed by atoms with van der Waals surface area (Å²) in [5.74, 6) is 0.502. The molecule has 6 heteroatoms. The number of nitrogens with one attached hydrogen (secondary N) is 1. The third-order valence-corrected chi connectivity index (χ3v) is 5.52. The molecule has 0 aliphatic rings. The van der Waals surface area contributed by atoms with Gasteiger partial charge in [-0.1, -0.05) is 62.2 Å². The van der Waals surface area contributed by atoms with Crippen molar-refractivity contribution in [1.29, 1.82) is 0 Å². The summed E-state index contributed by atoms with van der Waals surface area (Å²) < 4.78 is 5.84. The highest BCUT2D eigenvalue weighted by atomic mass is 32.1. The Balaban J connectivity index is 1.64. The second kappa shape index (κ2) is 10.5. The second-order valence-electron chi connectivity index (χ2n) is 6.59. The number of hydrogen-bond donors (Lipinski definition) is 1. The van der Waals surface area contributed by atoms with Gasteiger partial charge in [0, 0.05) is 11.1 Å². The molecule has 0 spiro atoms. The zero-order chi connectivity index (χ0) is 20.5. The van der Waals surface area contributed by atoms with E-state index in [2.05, 4.69) is 22.4 Å². The lowest BCUT2D eigenvalue weighted by Crippen LogP contribution is -2.17. The Morgan fingerprint density at radius 2 is 1.90 bits per heavy atom. The smallest absolute Gasteiger partial charge is 0.283 e. The van der Waals surface area contributed by atoms with Gasteiger partial charge in [0.25, 0.3) is 5.91 Å². The van der Waals surface area contributed by atoms with Crippen LogP contribution in [0.25, 0.3) is 10.6 Å². The minimum Gasteiger partial charge on any atom is -0.493 e. The molecule has 1 N–H and O–H groups in total. The molecule has 1 aromatic heterocycles. The van der Waals surface area contributed by atoms with Gasteiger partial charge in [0.2, 0.25) is 0 Å². The molecule has 150 valence electrons. The van der Waals surface area contributed by atoms with Gasteiger partial charge in [0.05, 0.1) is 18.5 Å². The maximum Gasteiger partial charge on any atom is 0.283 e. The van der Waals surface area contributed by atoms with Crippen LogP contribution in [0.1, 0.15) is 47.1 Å². The van der Waals surface area contributed by atoms with E-state index < -0.39 is 0 Å². The summed E-state index contributed by atoms with van der Waals surface area (Å²) in [6, 6.07) is 17.5. The lowest BCUT2D eigenvalue weighted by molar-refractivity contribution is 0.0958. The van der Waals surface area contributed by atoms with E-state index in [9.17, 15) is 4.79 Å². The number of aryl methyl sites for hydroxylation is 1. The van der Waals surface area contributed by atoms with Crippen LogP contribution in [0.2, 0.25) is 0 Å². The number of nitrogens with zero attached hydrogens (tertiary/aromatic N) is 2. The van der Waals surface area contributed by atoms with Crippen LogP contribution in [-0.2, 0) is 0 Å². The fourth-order valence-electron chi connectivity index (χ4n) is 2.78. The maximum atomic E-state index is 12.5. The van der Waals surface area contributed by atoms with Crippen molar-refractivity contribution in [1.82, 2.24) is 10.4 Å². The number of hydrogen-bond acceptors (Lipinski definition) is 5. The molecule has 0 aliphatic carbocycles. The van der Waals surface area contributed by atoms with Gasteiger partial charge in [0.15, 0.2) is 0 Å². The summed E-state index contributed by atoms with van der Waals surface area (Å²) in [6.45, 7) is 4.67. The first-order chi connectivity index (χ1) is 14.2. The number of para-hydroxylation sites is 1. The Morgan fingerprint density at radius 3 is 2.69 bits per heavy atom. The van der Waals surface area contributed by atoms with Gasteiger partial charge in [-0.15, -0.1) is 11.3 Å². The van der Waals surface area contributed by atoms with Gasteiger partial charge >= 0.3 is 0 Å². The molecule has 0 saturated heterocycles. The molecule has 0 atom stereocenters. The van der Waals surface area contributed by atoms with Gasteiger partial charge in [0.1, 0.15) is 15.6 Å². The molecule has 1 amide bonds. The van der Waals surface area contributed by atoms with E-state index in [0.717, 1.165) is 41.1 Å². The molecular formula is C23H25N3O2S. The average molecular weight is 408 g/mol. The molecular weight excluding hydrogens is 382 g/mol. The predicted molar refractivity (Wildman–Crippen MR) is 119 cm³/mol. The minimum atomic E-state index is -0.264. The van der Waals surface area contributed by atoms with E-state index in [4.69, 9.17) is 4.74 Å². The van der Waals surface area contributed by atoms with E-state index in [-0.39, 0.29) is 5.91 Å². The van der Waals surface area contributed by atoms with Crippen LogP contribution in [0.3, 0.4) is 0 Å². The van der Waals surface area contributed by atoms with Gasteiger partial charge in [-0.3, -0.25) is 4.79 Å². The number of carbonyl (C=O) groups excluding carboxylic acids is 1. The largest absolute Gasteiger partial charge is 0.493 e. The van der Waals surface area contributed by atoms with Crippen molar-refractivity contribution in [2.75, 3.05) is 6.61 Å². The first-order valence-corrected chi connectivity index (χ1v) is 10.6. The lowest BCUT2D eigenvalue weighted by Gasteiger charge is -2.08. The maximum absolute atomic E-state index is 12.5. The monoisotopic (exact) mass is 407 g/mol.